The van der Waals surface area contributed by atoms with Crippen LogP contribution < -0.4 is 0 Å². The molecule has 0 aromatic heterocycles. The van der Waals surface area contributed by atoms with Gasteiger partial charge in [-0.3, -0.25) is 0 Å². The van der Waals surface area contributed by atoms with Crippen LogP contribution in [0.4, 0.5) is 0 Å². The monoisotopic (exact) mass is 630 g/mol. The lowest BCUT2D eigenvalue weighted by Gasteiger charge is -2.13. The van der Waals surface area contributed by atoms with Gasteiger partial charge in [-0.15, -0.1) is 0 Å². The first-order valence-corrected chi connectivity index (χ1v) is 17.4. The summed E-state index contributed by atoms with van der Waals surface area (Å²) in [6, 6.07) is 65.4. The minimum absolute atomic E-state index is 1.21. The van der Waals surface area contributed by atoms with Crippen molar-refractivity contribution in [3.05, 3.63) is 182 Å². The predicted octanol–water partition coefficient (Wildman–Crippen LogP) is 13.1. The Hall–Kier alpha value is -4.41. The minimum Gasteiger partial charge on any atom is -0.0901 e. The van der Waals surface area contributed by atoms with Gasteiger partial charge in [-0.2, -0.15) is 0 Å². The Morgan fingerprint density at radius 2 is 0.422 bits per heavy atom. The summed E-state index contributed by atoms with van der Waals surface area (Å²) >= 11 is 5.37. The highest BCUT2D eigenvalue weighted by Crippen LogP contribution is 2.37. The SMILES string of the molecule is c1ccc(Sc2ccc(-c3cc(-c4ccc(Sc5ccccc5)cc4)cc(-c4ccc(Sc5ccccc5)cc4)c3)cc2)cc1. The van der Waals surface area contributed by atoms with Gasteiger partial charge in [-0.1, -0.05) is 126 Å². The Bertz CT molecular complexity index is 1720. The Morgan fingerprint density at radius 1 is 0.200 bits per heavy atom. The van der Waals surface area contributed by atoms with Gasteiger partial charge in [0.1, 0.15) is 0 Å². The zero-order valence-corrected chi connectivity index (χ0v) is 27.0. The van der Waals surface area contributed by atoms with Gasteiger partial charge in [0.2, 0.25) is 0 Å². The molecule has 0 fully saturated rings. The van der Waals surface area contributed by atoms with Crippen LogP contribution >= 0.6 is 35.3 Å². The van der Waals surface area contributed by atoms with Crippen molar-refractivity contribution < 1.29 is 0 Å². The fourth-order valence-corrected chi connectivity index (χ4v) is 7.66. The zero-order valence-electron chi connectivity index (χ0n) is 24.5. The van der Waals surface area contributed by atoms with Crippen LogP contribution in [-0.4, -0.2) is 0 Å². The Balaban J connectivity index is 1.20. The van der Waals surface area contributed by atoms with Crippen LogP contribution in [0.5, 0.6) is 0 Å². The maximum atomic E-state index is 2.32. The molecule has 7 aromatic rings. The quantitative estimate of drug-likeness (QED) is 0.156. The Kier molecular flexibility index (Phi) is 9.20. The highest BCUT2D eigenvalue weighted by Gasteiger charge is 2.10. The highest BCUT2D eigenvalue weighted by molar-refractivity contribution is 7.99. The molecule has 216 valence electrons. The highest BCUT2D eigenvalue weighted by atomic mass is 32.2. The first-order chi connectivity index (χ1) is 22.2. The van der Waals surface area contributed by atoms with Crippen LogP contribution in [0, 0.1) is 0 Å². The summed E-state index contributed by atoms with van der Waals surface area (Å²) in [5, 5.41) is 0. The second kappa shape index (κ2) is 14.1. The molecule has 0 atom stereocenters. The standard InChI is InChI=1S/C42H30S3/c1-4-10-37(11-5-1)43-40-22-16-31(17-23-40)34-28-35(32-18-24-41(25-19-32)44-38-12-6-2-7-13-38)30-36(29-34)33-20-26-42(27-21-33)45-39-14-8-3-9-15-39/h1-30H. The third kappa shape index (κ3) is 7.64. The van der Waals surface area contributed by atoms with Gasteiger partial charge in [0.05, 0.1) is 0 Å². The molecule has 0 N–H and O–H groups in total. The number of benzene rings is 7. The van der Waals surface area contributed by atoms with E-state index in [0.717, 1.165) is 0 Å². The second-order valence-electron chi connectivity index (χ2n) is 10.6. The van der Waals surface area contributed by atoms with Crippen molar-refractivity contribution in [1.29, 1.82) is 0 Å². The Morgan fingerprint density at radius 3 is 0.667 bits per heavy atom. The van der Waals surface area contributed by atoms with E-state index in [-0.39, 0.29) is 0 Å². The van der Waals surface area contributed by atoms with Crippen molar-refractivity contribution in [2.24, 2.45) is 0 Å². The van der Waals surface area contributed by atoms with E-state index in [4.69, 9.17) is 0 Å². The van der Waals surface area contributed by atoms with E-state index >= 15 is 0 Å². The number of hydrogen-bond donors (Lipinski definition) is 0. The topological polar surface area (TPSA) is 0 Å². The molecule has 0 amide bonds. The number of rotatable bonds is 9. The van der Waals surface area contributed by atoms with Crippen LogP contribution in [0.3, 0.4) is 0 Å². The first-order valence-electron chi connectivity index (χ1n) is 14.9. The van der Waals surface area contributed by atoms with Crippen LogP contribution in [0.1, 0.15) is 0 Å². The van der Waals surface area contributed by atoms with Gasteiger partial charge in [0.15, 0.2) is 0 Å². The molecule has 0 aliphatic carbocycles. The Labute approximate surface area is 278 Å². The molecule has 0 spiro atoms. The molecule has 7 aromatic carbocycles. The third-order valence-electron chi connectivity index (χ3n) is 7.43. The van der Waals surface area contributed by atoms with E-state index in [0.29, 0.717) is 0 Å². The van der Waals surface area contributed by atoms with E-state index in [1.807, 2.05) is 0 Å². The van der Waals surface area contributed by atoms with E-state index in [9.17, 15) is 0 Å². The van der Waals surface area contributed by atoms with Crippen LogP contribution in [-0.2, 0) is 0 Å². The predicted molar refractivity (Wildman–Crippen MR) is 194 cm³/mol. The van der Waals surface area contributed by atoms with Gasteiger partial charge < -0.3 is 0 Å². The lowest BCUT2D eigenvalue weighted by Crippen LogP contribution is -1.87. The summed E-state index contributed by atoms with van der Waals surface area (Å²) in [6.45, 7) is 0. The maximum Gasteiger partial charge on any atom is 0.0122 e. The average Bonchev–Trinajstić information content (AvgIpc) is 3.10. The third-order valence-corrected chi connectivity index (χ3v) is 10.5. The van der Waals surface area contributed by atoms with Gasteiger partial charge in [0, 0.05) is 29.4 Å². The molecule has 0 unspecified atom stereocenters. The van der Waals surface area contributed by atoms with Crippen molar-refractivity contribution in [3.8, 4) is 33.4 Å². The molecule has 0 aliphatic rings. The molecule has 0 radical (unpaired) electrons. The normalized spacial score (nSPS) is 10.9. The largest absolute Gasteiger partial charge is 0.0901 e. The van der Waals surface area contributed by atoms with Gasteiger partial charge in [0.25, 0.3) is 0 Å². The van der Waals surface area contributed by atoms with Crippen LogP contribution in [0.25, 0.3) is 33.4 Å². The molecule has 0 heterocycles. The van der Waals surface area contributed by atoms with Gasteiger partial charge in [-0.05, 0) is 124 Å². The van der Waals surface area contributed by atoms with Crippen molar-refractivity contribution in [1.82, 2.24) is 0 Å². The molecule has 3 heteroatoms. The van der Waals surface area contributed by atoms with Crippen molar-refractivity contribution in [2.45, 2.75) is 29.4 Å². The summed E-state index contributed by atoms with van der Waals surface area (Å²) in [4.78, 5) is 7.45. The van der Waals surface area contributed by atoms with Gasteiger partial charge >= 0.3 is 0 Å². The summed E-state index contributed by atoms with van der Waals surface area (Å²) in [5.74, 6) is 0. The summed E-state index contributed by atoms with van der Waals surface area (Å²) in [7, 11) is 0. The average molecular weight is 631 g/mol. The van der Waals surface area contributed by atoms with Crippen LogP contribution in [0.2, 0.25) is 0 Å². The molecule has 7 rings (SSSR count). The molecule has 0 nitrogen and oxygen atoms in total. The fourth-order valence-electron chi connectivity index (χ4n) is 5.15. The lowest BCUT2D eigenvalue weighted by molar-refractivity contribution is 1.40. The lowest BCUT2D eigenvalue weighted by atomic mass is 9.93. The van der Waals surface area contributed by atoms with E-state index in [1.165, 1.54) is 62.8 Å². The van der Waals surface area contributed by atoms with E-state index in [1.54, 1.807) is 35.3 Å². The number of hydrogen-bond acceptors (Lipinski definition) is 3. The molecule has 0 aliphatic heterocycles. The van der Waals surface area contributed by atoms with E-state index in [2.05, 4.69) is 182 Å². The van der Waals surface area contributed by atoms with Crippen LogP contribution in [0.15, 0.2) is 211 Å². The second-order valence-corrected chi connectivity index (χ2v) is 14.1. The maximum absolute atomic E-state index is 2.32. The molecule has 45 heavy (non-hydrogen) atoms. The summed E-state index contributed by atoms with van der Waals surface area (Å²) in [6.07, 6.45) is 0. The summed E-state index contributed by atoms with van der Waals surface area (Å²) < 4.78 is 0. The minimum atomic E-state index is 1.21. The van der Waals surface area contributed by atoms with Gasteiger partial charge in [-0.25, -0.2) is 0 Å². The summed E-state index contributed by atoms with van der Waals surface area (Å²) in [5.41, 5.74) is 7.27. The van der Waals surface area contributed by atoms with Crippen molar-refractivity contribution in [3.63, 3.8) is 0 Å². The first kappa shape index (κ1) is 29.3. The zero-order chi connectivity index (χ0) is 30.3. The van der Waals surface area contributed by atoms with Crippen molar-refractivity contribution in [2.75, 3.05) is 0 Å². The molecule has 0 saturated carbocycles. The smallest absolute Gasteiger partial charge is 0.0122 e. The van der Waals surface area contributed by atoms with Crippen molar-refractivity contribution >= 4 is 35.3 Å². The molecule has 0 bridgehead atoms. The molecule has 0 saturated heterocycles. The fraction of sp³-hybridized carbons (Fsp3) is 0. The molecular formula is C42H30S3. The molecular weight excluding hydrogens is 601 g/mol. The van der Waals surface area contributed by atoms with E-state index < -0.39 is 0 Å².